The number of amides is 1. The van der Waals surface area contributed by atoms with Crippen LogP contribution in [-0.4, -0.2) is 84.8 Å². The van der Waals surface area contributed by atoms with Gasteiger partial charge in [0.25, 0.3) is 5.91 Å². The standard InChI is InChI=1S/C28H23BrN2O10/c1-13(32)39-18-6-4-5-16-20(18)25(35)21-17(24(16)34)11-15(12-19(21)40-14(2)33)26(36)31-9-7-30(8-10-31)23-22(29)27(37)41-28(23)38-3/h4-6,11-12,28H,7-10H2,1-3H3. The zero-order valence-electron chi connectivity index (χ0n) is 22.1. The molecule has 1 unspecified atom stereocenters. The number of fused-ring (bicyclic) bond motifs is 2. The molecular weight excluding hydrogens is 604 g/mol. The number of hydrogen-bond acceptors (Lipinski definition) is 11. The highest BCUT2D eigenvalue weighted by molar-refractivity contribution is 9.12. The molecule has 12 nitrogen and oxygen atoms in total. The minimum absolute atomic E-state index is 0.00637. The second kappa shape index (κ2) is 10.9. The van der Waals surface area contributed by atoms with Crippen molar-refractivity contribution in [1.82, 2.24) is 9.80 Å². The second-order valence-electron chi connectivity index (χ2n) is 9.37. The molecule has 1 amide bonds. The molecule has 212 valence electrons. The number of piperazine rings is 1. The first kappa shape index (κ1) is 28.2. The van der Waals surface area contributed by atoms with Crippen molar-refractivity contribution in [1.29, 1.82) is 0 Å². The van der Waals surface area contributed by atoms with Crippen molar-refractivity contribution >= 4 is 51.3 Å². The Morgan fingerprint density at radius 2 is 1.51 bits per heavy atom. The molecule has 0 bridgehead atoms. The van der Waals surface area contributed by atoms with E-state index in [-0.39, 0.29) is 56.9 Å². The molecular formula is C28H23BrN2O10. The van der Waals surface area contributed by atoms with Crippen LogP contribution < -0.4 is 9.47 Å². The van der Waals surface area contributed by atoms with Crippen LogP contribution in [0.3, 0.4) is 0 Å². The van der Waals surface area contributed by atoms with E-state index < -0.39 is 41.7 Å². The van der Waals surface area contributed by atoms with E-state index >= 15 is 0 Å². The Labute approximate surface area is 241 Å². The second-order valence-corrected chi connectivity index (χ2v) is 10.2. The lowest BCUT2D eigenvalue weighted by molar-refractivity contribution is -0.157. The van der Waals surface area contributed by atoms with Crippen LogP contribution in [0.25, 0.3) is 0 Å². The molecule has 13 heteroatoms. The van der Waals surface area contributed by atoms with Gasteiger partial charge in [0.2, 0.25) is 12.1 Å². The van der Waals surface area contributed by atoms with Crippen molar-refractivity contribution in [2.24, 2.45) is 0 Å². The molecule has 1 atom stereocenters. The number of benzene rings is 2. The molecule has 2 aliphatic heterocycles. The summed E-state index contributed by atoms with van der Waals surface area (Å²) >= 11 is 3.25. The molecule has 5 rings (SSSR count). The molecule has 0 N–H and O–H groups in total. The number of ketones is 2. The fourth-order valence-electron chi connectivity index (χ4n) is 5.05. The van der Waals surface area contributed by atoms with Gasteiger partial charge in [-0.1, -0.05) is 12.1 Å². The average molecular weight is 627 g/mol. The summed E-state index contributed by atoms with van der Waals surface area (Å²) in [5.74, 6) is -4.06. The number of hydrogen-bond donors (Lipinski definition) is 0. The van der Waals surface area contributed by atoms with Crippen molar-refractivity contribution in [3.05, 3.63) is 68.3 Å². The highest BCUT2D eigenvalue weighted by Gasteiger charge is 2.39. The van der Waals surface area contributed by atoms with Crippen LogP contribution in [0.1, 0.15) is 56.0 Å². The molecule has 41 heavy (non-hydrogen) atoms. The molecule has 2 aromatic rings. The molecule has 0 radical (unpaired) electrons. The summed E-state index contributed by atoms with van der Waals surface area (Å²) in [5, 5.41) is 0. The van der Waals surface area contributed by atoms with Gasteiger partial charge in [0.05, 0.1) is 11.1 Å². The van der Waals surface area contributed by atoms with Gasteiger partial charge in [0.1, 0.15) is 21.7 Å². The monoisotopic (exact) mass is 626 g/mol. The SMILES string of the molecule is COC1OC(=O)C(Br)=C1N1CCN(C(=O)c2cc(OC(C)=O)c3c(c2)C(=O)c2cccc(OC(C)=O)c2C3=O)CC1. The maximum Gasteiger partial charge on any atom is 0.349 e. The van der Waals surface area contributed by atoms with E-state index in [0.717, 1.165) is 13.8 Å². The summed E-state index contributed by atoms with van der Waals surface area (Å²) in [6, 6.07) is 6.84. The van der Waals surface area contributed by atoms with Crippen LogP contribution in [0.5, 0.6) is 11.5 Å². The van der Waals surface area contributed by atoms with E-state index in [4.69, 9.17) is 18.9 Å². The third kappa shape index (κ3) is 5.02. The van der Waals surface area contributed by atoms with E-state index in [2.05, 4.69) is 15.9 Å². The number of ether oxygens (including phenoxy) is 4. The largest absolute Gasteiger partial charge is 0.426 e. The van der Waals surface area contributed by atoms with Crippen LogP contribution in [-0.2, 0) is 23.9 Å². The van der Waals surface area contributed by atoms with Gasteiger partial charge < -0.3 is 28.7 Å². The Morgan fingerprint density at radius 1 is 0.878 bits per heavy atom. The molecule has 2 aromatic carbocycles. The van der Waals surface area contributed by atoms with Gasteiger partial charge in [-0.2, -0.15) is 0 Å². The number of esters is 3. The topological polar surface area (TPSA) is 146 Å². The molecule has 0 saturated carbocycles. The lowest BCUT2D eigenvalue weighted by Gasteiger charge is -2.37. The van der Waals surface area contributed by atoms with Crippen LogP contribution in [0.2, 0.25) is 0 Å². The van der Waals surface area contributed by atoms with E-state index in [9.17, 15) is 28.8 Å². The fourth-order valence-corrected chi connectivity index (χ4v) is 5.58. The van der Waals surface area contributed by atoms with E-state index in [1.807, 2.05) is 4.90 Å². The number of carbonyl (C=O) groups is 6. The third-order valence-corrected chi connectivity index (χ3v) is 7.52. The summed E-state index contributed by atoms with van der Waals surface area (Å²) < 4.78 is 21.1. The Balaban J connectivity index is 1.47. The number of nitrogens with zero attached hydrogens (tertiary/aromatic N) is 2. The van der Waals surface area contributed by atoms with Crippen LogP contribution in [0, 0.1) is 0 Å². The molecule has 2 heterocycles. The predicted molar refractivity (Wildman–Crippen MR) is 143 cm³/mol. The summed E-state index contributed by atoms with van der Waals surface area (Å²) in [7, 11) is 1.42. The number of halogens is 1. The summed E-state index contributed by atoms with van der Waals surface area (Å²) in [6.07, 6.45) is -0.862. The van der Waals surface area contributed by atoms with E-state index in [1.165, 1.54) is 37.4 Å². The van der Waals surface area contributed by atoms with Crippen molar-refractivity contribution in [3.8, 4) is 11.5 Å². The predicted octanol–water partition coefficient (Wildman–Crippen LogP) is 2.21. The zero-order valence-corrected chi connectivity index (χ0v) is 23.7. The van der Waals surface area contributed by atoms with Gasteiger partial charge in [-0.25, -0.2) is 4.79 Å². The van der Waals surface area contributed by atoms with Crippen molar-refractivity contribution in [3.63, 3.8) is 0 Å². The molecule has 3 aliphatic rings. The zero-order chi connectivity index (χ0) is 29.6. The quantitative estimate of drug-likeness (QED) is 0.303. The summed E-state index contributed by atoms with van der Waals surface area (Å²) in [5.41, 5.74) is 0.130. The minimum Gasteiger partial charge on any atom is -0.426 e. The maximum atomic E-state index is 13.6. The number of methoxy groups -OCH3 is 1. The van der Waals surface area contributed by atoms with E-state index in [1.54, 1.807) is 4.90 Å². The van der Waals surface area contributed by atoms with Gasteiger partial charge in [-0.15, -0.1) is 0 Å². The van der Waals surface area contributed by atoms with Crippen molar-refractivity contribution < 1.29 is 47.7 Å². The lowest BCUT2D eigenvalue weighted by Crippen LogP contribution is -2.49. The van der Waals surface area contributed by atoms with Crippen LogP contribution in [0.15, 0.2) is 40.5 Å². The van der Waals surface area contributed by atoms with Crippen LogP contribution in [0.4, 0.5) is 0 Å². The normalized spacial score (nSPS) is 18.1. The van der Waals surface area contributed by atoms with Gasteiger partial charge >= 0.3 is 17.9 Å². The Kier molecular flexibility index (Phi) is 7.49. The molecule has 1 saturated heterocycles. The number of carbonyl (C=O) groups excluding carboxylic acids is 6. The average Bonchev–Trinajstić information content (AvgIpc) is 3.23. The summed E-state index contributed by atoms with van der Waals surface area (Å²) in [4.78, 5) is 79.7. The molecule has 0 spiro atoms. The van der Waals surface area contributed by atoms with Gasteiger partial charge in [-0.05, 0) is 34.1 Å². The first-order chi connectivity index (χ1) is 19.5. The maximum absolute atomic E-state index is 13.6. The lowest BCUT2D eigenvalue weighted by atomic mass is 9.82. The Bertz CT molecular complexity index is 1570. The highest BCUT2D eigenvalue weighted by Crippen LogP contribution is 2.39. The first-order valence-electron chi connectivity index (χ1n) is 12.5. The summed E-state index contributed by atoms with van der Waals surface area (Å²) in [6.45, 7) is 3.53. The Morgan fingerprint density at radius 3 is 2.15 bits per heavy atom. The molecule has 0 aromatic heterocycles. The molecule has 1 fully saturated rings. The Hall–Kier alpha value is -4.36. The minimum atomic E-state index is -0.862. The molecule has 1 aliphatic carbocycles. The fraction of sp³-hybridized carbons (Fsp3) is 0.286. The number of rotatable bonds is 5. The smallest absolute Gasteiger partial charge is 0.349 e. The van der Waals surface area contributed by atoms with Gasteiger partial charge in [0, 0.05) is 63.8 Å². The van der Waals surface area contributed by atoms with Crippen LogP contribution >= 0.6 is 15.9 Å². The highest BCUT2D eigenvalue weighted by atomic mass is 79.9. The van der Waals surface area contributed by atoms with Crippen molar-refractivity contribution in [2.45, 2.75) is 20.1 Å². The van der Waals surface area contributed by atoms with E-state index in [0.29, 0.717) is 18.8 Å². The van der Waals surface area contributed by atoms with Gasteiger partial charge in [0.15, 0.2) is 5.78 Å². The van der Waals surface area contributed by atoms with Crippen molar-refractivity contribution in [2.75, 3.05) is 33.3 Å². The number of cyclic esters (lactones) is 1. The van der Waals surface area contributed by atoms with Gasteiger partial charge in [-0.3, -0.25) is 24.0 Å². The third-order valence-electron chi connectivity index (χ3n) is 6.79. The first-order valence-corrected chi connectivity index (χ1v) is 13.3.